The first kappa shape index (κ1) is 24.0. The molecule has 5 rings (SSSR count). The van der Waals surface area contributed by atoms with E-state index in [0.29, 0.717) is 23.6 Å². The molecule has 1 heterocycles. The van der Waals surface area contributed by atoms with Gasteiger partial charge in [-0.3, -0.25) is 14.9 Å². The van der Waals surface area contributed by atoms with Crippen molar-refractivity contribution in [3.05, 3.63) is 113 Å². The molecule has 184 valence electrons. The van der Waals surface area contributed by atoms with E-state index in [1.54, 1.807) is 12.1 Å². The van der Waals surface area contributed by atoms with Crippen molar-refractivity contribution in [1.82, 2.24) is 5.32 Å². The molecule has 0 aromatic heterocycles. The van der Waals surface area contributed by atoms with E-state index < -0.39 is 17.8 Å². The number of aryl methyl sites for hydroxylation is 2. The number of ether oxygens (including phenoxy) is 1. The lowest BCUT2D eigenvalue weighted by molar-refractivity contribution is -0.122. The Kier molecular flexibility index (Phi) is 6.56. The molecule has 4 aromatic carbocycles. The summed E-state index contributed by atoms with van der Waals surface area (Å²) in [7, 11) is 0. The van der Waals surface area contributed by atoms with Crippen LogP contribution in [0, 0.1) is 6.92 Å². The van der Waals surface area contributed by atoms with Gasteiger partial charge in [-0.1, -0.05) is 79.2 Å². The van der Waals surface area contributed by atoms with Crippen LogP contribution in [0.15, 0.2) is 90.5 Å². The molecule has 0 aliphatic carbocycles. The highest BCUT2D eigenvalue weighted by Gasteiger charge is 2.37. The lowest BCUT2D eigenvalue weighted by atomic mass is 9.99. The lowest BCUT2D eigenvalue weighted by Crippen LogP contribution is -2.54. The first-order valence-electron chi connectivity index (χ1n) is 12.1. The largest absolute Gasteiger partial charge is 0.488 e. The molecule has 4 amide bonds. The zero-order valence-corrected chi connectivity index (χ0v) is 20.7. The summed E-state index contributed by atoms with van der Waals surface area (Å²) in [6, 6.07) is 25.8. The number of carbonyl (C=O) groups is 3. The van der Waals surface area contributed by atoms with Gasteiger partial charge in [0.05, 0.1) is 5.69 Å². The van der Waals surface area contributed by atoms with Crippen LogP contribution in [-0.2, 0) is 22.6 Å². The average molecular weight is 491 g/mol. The molecule has 0 spiro atoms. The molecule has 0 bridgehead atoms. The number of hydrogen-bond donors (Lipinski definition) is 1. The Bertz CT molecular complexity index is 1540. The minimum atomic E-state index is -0.773. The molecule has 0 unspecified atom stereocenters. The normalized spacial score (nSPS) is 14.8. The van der Waals surface area contributed by atoms with Crippen LogP contribution in [0.1, 0.15) is 29.2 Å². The fraction of sp³-hybridized carbons (Fsp3) is 0.129. The highest BCUT2D eigenvalue weighted by molar-refractivity contribution is 6.39. The maximum atomic E-state index is 13.5. The van der Waals surface area contributed by atoms with Crippen molar-refractivity contribution in [2.45, 2.75) is 26.9 Å². The van der Waals surface area contributed by atoms with Gasteiger partial charge in [0.25, 0.3) is 11.8 Å². The fourth-order valence-electron chi connectivity index (χ4n) is 4.31. The standard InChI is InChI=1S/C31H26N2O4/c1-3-21-12-15-24(16-13-21)33-30(35)27(29(34)32-31(33)36)18-26-25-7-5-4-6-23(25)14-17-28(26)37-19-22-10-8-20(2)9-11-22/h4-18H,3,19H2,1-2H3,(H,32,34,36)/b27-18+. The van der Waals surface area contributed by atoms with Gasteiger partial charge in [-0.2, -0.15) is 0 Å². The Morgan fingerprint density at radius 2 is 1.54 bits per heavy atom. The van der Waals surface area contributed by atoms with Gasteiger partial charge in [-0.25, -0.2) is 9.69 Å². The molecule has 0 radical (unpaired) electrons. The summed E-state index contributed by atoms with van der Waals surface area (Å²) < 4.78 is 6.17. The molecule has 4 aromatic rings. The lowest BCUT2D eigenvalue weighted by Gasteiger charge is -2.26. The Balaban J connectivity index is 1.56. The minimum absolute atomic E-state index is 0.143. The monoisotopic (exact) mass is 490 g/mol. The van der Waals surface area contributed by atoms with E-state index in [9.17, 15) is 14.4 Å². The Labute approximate surface area is 215 Å². The van der Waals surface area contributed by atoms with Crippen LogP contribution in [-0.4, -0.2) is 17.8 Å². The third kappa shape index (κ3) is 4.86. The highest BCUT2D eigenvalue weighted by atomic mass is 16.5. The zero-order chi connectivity index (χ0) is 25.9. The SMILES string of the molecule is CCc1ccc(N2C(=O)NC(=O)/C(=C\c3c(OCc4ccc(C)cc4)ccc4ccccc34)C2=O)cc1. The van der Waals surface area contributed by atoms with E-state index in [0.717, 1.165) is 38.8 Å². The number of amides is 4. The van der Waals surface area contributed by atoms with E-state index >= 15 is 0 Å². The Morgan fingerprint density at radius 3 is 2.27 bits per heavy atom. The number of urea groups is 1. The topological polar surface area (TPSA) is 75.7 Å². The maximum Gasteiger partial charge on any atom is 0.335 e. The van der Waals surface area contributed by atoms with Crippen LogP contribution in [0.5, 0.6) is 5.75 Å². The predicted molar refractivity (Wildman–Crippen MR) is 144 cm³/mol. The second-order valence-corrected chi connectivity index (χ2v) is 8.95. The molecule has 1 N–H and O–H groups in total. The summed E-state index contributed by atoms with van der Waals surface area (Å²) in [5.74, 6) is -0.896. The van der Waals surface area contributed by atoms with Gasteiger partial charge >= 0.3 is 6.03 Å². The van der Waals surface area contributed by atoms with Gasteiger partial charge in [-0.15, -0.1) is 0 Å². The molecule has 1 aliphatic rings. The molecule has 1 aliphatic heterocycles. The van der Waals surface area contributed by atoms with E-state index in [1.807, 2.05) is 86.6 Å². The molecule has 6 heteroatoms. The predicted octanol–water partition coefficient (Wildman–Crippen LogP) is 5.96. The number of barbiturate groups is 1. The van der Waals surface area contributed by atoms with Gasteiger partial charge in [-0.05, 0) is 59.5 Å². The zero-order valence-electron chi connectivity index (χ0n) is 20.7. The number of fused-ring (bicyclic) bond motifs is 1. The molecule has 6 nitrogen and oxygen atoms in total. The van der Waals surface area contributed by atoms with Gasteiger partial charge in [0.2, 0.25) is 0 Å². The van der Waals surface area contributed by atoms with E-state index in [2.05, 4.69) is 5.32 Å². The van der Waals surface area contributed by atoms with Crippen molar-refractivity contribution in [3.63, 3.8) is 0 Å². The quantitative estimate of drug-likeness (QED) is 0.267. The molecule has 37 heavy (non-hydrogen) atoms. The molecule has 0 saturated carbocycles. The Morgan fingerprint density at radius 1 is 0.838 bits per heavy atom. The van der Waals surface area contributed by atoms with Crippen molar-refractivity contribution < 1.29 is 19.1 Å². The van der Waals surface area contributed by atoms with Gasteiger partial charge < -0.3 is 4.74 Å². The second kappa shape index (κ2) is 10.1. The number of nitrogens with zero attached hydrogens (tertiary/aromatic N) is 1. The van der Waals surface area contributed by atoms with Crippen LogP contribution in [0.4, 0.5) is 10.5 Å². The van der Waals surface area contributed by atoms with Crippen LogP contribution >= 0.6 is 0 Å². The number of hydrogen-bond acceptors (Lipinski definition) is 4. The molecule has 1 fully saturated rings. The Hall–Kier alpha value is -4.71. The smallest absolute Gasteiger partial charge is 0.335 e. The molecule has 1 saturated heterocycles. The van der Waals surface area contributed by atoms with E-state index in [1.165, 1.54) is 6.08 Å². The first-order valence-corrected chi connectivity index (χ1v) is 12.1. The van der Waals surface area contributed by atoms with Crippen molar-refractivity contribution in [1.29, 1.82) is 0 Å². The third-order valence-electron chi connectivity index (χ3n) is 6.44. The highest BCUT2D eigenvalue weighted by Crippen LogP contribution is 2.32. The molecule has 0 atom stereocenters. The van der Waals surface area contributed by atoms with Crippen LogP contribution < -0.4 is 15.0 Å². The van der Waals surface area contributed by atoms with Gasteiger partial charge in [0, 0.05) is 5.56 Å². The number of anilines is 1. The summed E-state index contributed by atoms with van der Waals surface area (Å²) in [5, 5.41) is 4.07. The summed E-state index contributed by atoms with van der Waals surface area (Å²) in [6.45, 7) is 4.37. The summed E-state index contributed by atoms with van der Waals surface area (Å²) in [5.41, 5.74) is 4.08. The summed E-state index contributed by atoms with van der Waals surface area (Å²) >= 11 is 0. The fourth-order valence-corrected chi connectivity index (χ4v) is 4.31. The minimum Gasteiger partial charge on any atom is -0.488 e. The molecular formula is C31H26N2O4. The van der Waals surface area contributed by atoms with Crippen LogP contribution in [0.25, 0.3) is 16.8 Å². The van der Waals surface area contributed by atoms with Crippen molar-refractivity contribution in [3.8, 4) is 5.75 Å². The number of rotatable bonds is 6. The number of benzene rings is 4. The van der Waals surface area contributed by atoms with E-state index in [-0.39, 0.29) is 5.57 Å². The first-order chi connectivity index (χ1) is 17.9. The van der Waals surface area contributed by atoms with Gasteiger partial charge in [0.1, 0.15) is 17.9 Å². The maximum absolute atomic E-state index is 13.5. The number of imide groups is 2. The van der Waals surface area contributed by atoms with Gasteiger partial charge in [0.15, 0.2) is 0 Å². The van der Waals surface area contributed by atoms with Crippen LogP contribution in [0.3, 0.4) is 0 Å². The van der Waals surface area contributed by atoms with Crippen molar-refractivity contribution in [2.75, 3.05) is 4.90 Å². The number of nitrogens with one attached hydrogen (secondary N) is 1. The number of carbonyl (C=O) groups excluding carboxylic acids is 3. The third-order valence-corrected chi connectivity index (χ3v) is 6.44. The second-order valence-electron chi connectivity index (χ2n) is 8.95. The van der Waals surface area contributed by atoms with E-state index in [4.69, 9.17) is 4.74 Å². The van der Waals surface area contributed by atoms with Crippen LogP contribution in [0.2, 0.25) is 0 Å². The summed E-state index contributed by atoms with van der Waals surface area (Å²) in [6.07, 6.45) is 2.35. The van der Waals surface area contributed by atoms with Crippen molar-refractivity contribution in [2.24, 2.45) is 0 Å². The average Bonchev–Trinajstić information content (AvgIpc) is 2.91. The summed E-state index contributed by atoms with van der Waals surface area (Å²) in [4.78, 5) is 40.0. The molecular weight excluding hydrogens is 464 g/mol. The van der Waals surface area contributed by atoms with Crippen molar-refractivity contribution >= 4 is 40.4 Å².